The summed E-state index contributed by atoms with van der Waals surface area (Å²) in [4.78, 5) is 19.1. The van der Waals surface area contributed by atoms with Crippen LogP contribution >= 0.6 is 27.3 Å². The van der Waals surface area contributed by atoms with E-state index >= 15 is 0 Å². The maximum absolute atomic E-state index is 12.7. The Morgan fingerprint density at radius 2 is 2.00 bits per heavy atom. The standard InChI is InChI=1S/C21H21BrN2O2S/c1-14(15-7-9-19(26-3)10-8-15)24(2)20(25)12-18-13-27-21(23-18)16-5-4-6-17(22)11-16/h4-11,13-14H,12H2,1-3H3. The Balaban J connectivity index is 1.67. The summed E-state index contributed by atoms with van der Waals surface area (Å²) in [5.74, 6) is 0.854. The van der Waals surface area contributed by atoms with Crippen molar-refractivity contribution in [1.29, 1.82) is 0 Å². The second-order valence-electron chi connectivity index (χ2n) is 6.28. The number of amides is 1. The largest absolute Gasteiger partial charge is 0.497 e. The molecule has 0 aliphatic heterocycles. The van der Waals surface area contributed by atoms with E-state index in [1.54, 1.807) is 23.3 Å². The van der Waals surface area contributed by atoms with Crippen LogP contribution in [0.2, 0.25) is 0 Å². The van der Waals surface area contributed by atoms with Gasteiger partial charge >= 0.3 is 0 Å². The molecule has 1 aromatic heterocycles. The number of likely N-dealkylation sites (N-methyl/N-ethyl adjacent to an activating group) is 1. The molecule has 0 fully saturated rings. The number of hydrogen-bond acceptors (Lipinski definition) is 4. The lowest BCUT2D eigenvalue weighted by atomic mass is 10.1. The zero-order valence-corrected chi connectivity index (χ0v) is 17.9. The topological polar surface area (TPSA) is 42.4 Å². The number of nitrogens with zero attached hydrogens (tertiary/aromatic N) is 2. The van der Waals surface area contributed by atoms with Gasteiger partial charge in [0.15, 0.2) is 0 Å². The molecule has 0 aliphatic rings. The van der Waals surface area contributed by atoms with Crippen LogP contribution in [0.1, 0.15) is 24.2 Å². The second-order valence-corrected chi connectivity index (χ2v) is 8.06. The maximum Gasteiger partial charge on any atom is 0.228 e. The van der Waals surface area contributed by atoms with Gasteiger partial charge in [-0.15, -0.1) is 11.3 Å². The summed E-state index contributed by atoms with van der Waals surface area (Å²) in [6, 6.07) is 15.8. The fraction of sp³-hybridized carbons (Fsp3) is 0.238. The number of ether oxygens (including phenoxy) is 1. The lowest BCUT2D eigenvalue weighted by molar-refractivity contribution is -0.131. The average molecular weight is 445 g/mol. The molecule has 4 nitrogen and oxygen atoms in total. The van der Waals surface area contributed by atoms with Crippen molar-refractivity contribution in [3.8, 4) is 16.3 Å². The molecule has 3 rings (SSSR count). The van der Waals surface area contributed by atoms with Gasteiger partial charge in [-0.2, -0.15) is 0 Å². The van der Waals surface area contributed by atoms with Crippen LogP contribution in [0.3, 0.4) is 0 Å². The second kappa shape index (κ2) is 8.67. The van der Waals surface area contributed by atoms with Gasteiger partial charge in [0.1, 0.15) is 10.8 Å². The van der Waals surface area contributed by atoms with E-state index in [2.05, 4.69) is 20.9 Å². The number of thiazole rings is 1. The van der Waals surface area contributed by atoms with Crippen LogP contribution in [-0.2, 0) is 11.2 Å². The fourth-order valence-corrected chi connectivity index (χ4v) is 3.96. The molecule has 0 saturated heterocycles. The molecule has 1 atom stereocenters. The highest BCUT2D eigenvalue weighted by atomic mass is 79.9. The van der Waals surface area contributed by atoms with E-state index in [1.165, 1.54) is 0 Å². The minimum atomic E-state index is -0.0217. The van der Waals surface area contributed by atoms with Gasteiger partial charge in [-0.3, -0.25) is 4.79 Å². The van der Waals surface area contributed by atoms with Crippen LogP contribution in [0.4, 0.5) is 0 Å². The van der Waals surface area contributed by atoms with Crippen molar-refractivity contribution in [1.82, 2.24) is 9.88 Å². The van der Waals surface area contributed by atoms with Crippen molar-refractivity contribution in [3.05, 3.63) is 69.6 Å². The Labute approximate surface area is 171 Å². The van der Waals surface area contributed by atoms with Crippen molar-refractivity contribution in [2.75, 3.05) is 14.2 Å². The van der Waals surface area contributed by atoms with E-state index in [9.17, 15) is 4.79 Å². The molecular weight excluding hydrogens is 424 g/mol. The summed E-state index contributed by atoms with van der Waals surface area (Å²) in [5, 5.41) is 2.88. The predicted octanol–water partition coefficient (Wildman–Crippen LogP) is 5.34. The number of benzene rings is 2. The number of carbonyl (C=O) groups is 1. The third-order valence-electron chi connectivity index (χ3n) is 4.53. The first kappa shape index (κ1) is 19.6. The number of hydrogen-bond donors (Lipinski definition) is 0. The number of rotatable bonds is 6. The van der Waals surface area contributed by atoms with Gasteiger partial charge in [-0.25, -0.2) is 4.98 Å². The molecule has 2 aromatic carbocycles. The average Bonchev–Trinajstić information content (AvgIpc) is 3.15. The van der Waals surface area contributed by atoms with Gasteiger partial charge in [0, 0.05) is 22.5 Å². The molecule has 0 saturated carbocycles. The Kier molecular flexibility index (Phi) is 6.29. The summed E-state index contributed by atoms with van der Waals surface area (Å²) in [6.45, 7) is 2.02. The third-order valence-corrected chi connectivity index (χ3v) is 5.96. The van der Waals surface area contributed by atoms with Crippen LogP contribution in [0, 0.1) is 0 Å². The number of halogens is 1. The summed E-state index contributed by atoms with van der Waals surface area (Å²) in [6.07, 6.45) is 0.293. The van der Waals surface area contributed by atoms with Gasteiger partial charge in [0.2, 0.25) is 5.91 Å². The normalized spacial score (nSPS) is 11.9. The number of methoxy groups -OCH3 is 1. The monoisotopic (exact) mass is 444 g/mol. The van der Waals surface area contributed by atoms with Crippen LogP contribution in [0.5, 0.6) is 5.75 Å². The van der Waals surface area contributed by atoms with Crippen LogP contribution in [-0.4, -0.2) is 29.9 Å². The van der Waals surface area contributed by atoms with Gasteiger partial charge in [0.05, 0.1) is 25.3 Å². The molecule has 0 spiro atoms. The molecule has 0 N–H and O–H groups in total. The molecule has 6 heteroatoms. The van der Waals surface area contributed by atoms with Crippen LogP contribution in [0.25, 0.3) is 10.6 Å². The number of aromatic nitrogens is 1. The summed E-state index contributed by atoms with van der Waals surface area (Å²) < 4.78 is 6.21. The van der Waals surface area contributed by atoms with Gasteiger partial charge in [0.25, 0.3) is 0 Å². The van der Waals surface area contributed by atoms with Crippen molar-refractivity contribution in [3.63, 3.8) is 0 Å². The quantitative estimate of drug-likeness (QED) is 0.514. The first-order chi connectivity index (χ1) is 13.0. The molecule has 0 bridgehead atoms. The van der Waals surface area contributed by atoms with E-state index in [-0.39, 0.29) is 11.9 Å². The lowest BCUT2D eigenvalue weighted by Gasteiger charge is -2.25. The molecule has 27 heavy (non-hydrogen) atoms. The Hall–Kier alpha value is -2.18. The van der Waals surface area contributed by atoms with Crippen molar-refractivity contribution < 1.29 is 9.53 Å². The molecule has 1 amide bonds. The Bertz CT molecular complexity index is 924. The lowest BCUT2D eigenvalue weighted by Crippen LogP contribution is -2.31. The van der Waals surface area contributed by atoms with E-state index < -0.39 is 0 Å². The fourth-order valence-electron chi connectivity index (χ4n) is 2.74. The molecule has 0 aliphatic carbocycles. The van der Waals surface area contributed by atoms with Crippen molar-refractivity contribution >= 4 is 33.2 Å². The Morgan fingerprint density at radius 1 is 1.26 bits per heavy atom. The van der Waals surface area contributed by atoms with Crippen molar-refractivity contribution in [2.45, 2.75) is 19.4 Å². The number of carbonyl (C=O) groups excluding carboxylic acids is 1. The van der Waals surface area contributed by atoms with E-state index in [0.29, 0.717) is 6.42 Å². The molecule has 3 aromatic rings. The zero-order chi connectivity index (χ0) is 19.4. The van der Waals surface area contributed by atoms with Crippen LogP contribution < -0.4 is 4.74 Å². The van der Waals surface area contributed by atoms with Gasteiger partial charge in [-0.1, -0.05) is 40.2 Å². The van der Waals surface area contributed by atoms with E-state index in [0.717, 1.165) is 32.1 Å². The van der Waals surface area contributed by atoms with E-state index in [1.807, 2.05) is 67.9 Å². The smallest absolute Gasteiger partial charge is 0.228 e. The molecule has 1 heterocycles. The minimum absolute atomic E-state index is 0.0217. The molecule has 1 unspecified atom stereocenters. The highest BCUT2D eigenvalue weighted by molar-refractivity contribution is 9.10. The van der Waals surface area contributed by atoms with Crippen LogP contribution in [0.15, 0.2) is 58.4 Å². The predicted molar refractivity (Wildman–Crippen MR) is 113 cm³/mol. The minimum Gasteiger partial charge on any atom is -0.497 e. The highest BCUT2D eigenvalue weighted by Gasteiger charge is 2.19. The zero-order valence-electron chi connectivity index (χ0n) is 15.5. The SMILES string of the molecule is COc1ccc(C(C)N(C)C(=O)Cc2csc(-c3cccc(Br)c3)n2)cc1. The molecule has 140 valence electrons. The Morgan fingerprint density at radius 3 is 2.67 bits per heavy atom. The maximum atomic E-state index is 12.7. The first-order valence-corrected chi connectivity index (χ1v) is 10.2. The van der Waals surface area contributed by atoms with Gasteiger partial charge < -0.3 is 9.64 Å². The molecule has 0 radical (unpaired) electrons. The first-order valence-electron chi connectivity index (χ1n) is 8.58. The third kappa shape index (κ3) is 4.76. The summed E-state index contributed by atoms with van der Waals surface area (Å²) in [5.41, 5.74) is 2.92. The van der Waals surface area contributed by atoms with Gasteiger partial charge in [-0.05, 0) is 36.8 Å². The molecular formula is C21H21BrN2O2S. The van der Waals surface area contributed by atoms with Crippen molar-refractivity contribution in [2.24, 2.45) is 0 Å². The van der Waals surface area contributed by atoms with E-state index in [4.69, 9.17) is 4.74 Å². The highest BCUT2D eigenvalue weighted by Crippen LogP contribution is 2.27. The summed E-state index contributed by atoms with van der Waals surface area (Å²) >= 11 is 5.04. The summed E-state index contributed by atoms with van der Waals surface area (Å²) in [7, 11) is 3.48.